The normalized spacial score (nSPS) is 16.0. The molecule has 2 atom stereocenters. The van der Waals surface area contributed by atoms with Gasteiger partial charge in [-0.1, -0.05) is 17.3 Å². The quantitative estimate of drug-likeness (QED) is 0.0268. The van der Waals surface area contributed by atoms with E-state index in [1.54, 1.807) is 121 Å². The lowest BCUT2D eigenvalue weighted by Crippen LogP contribution is -3.00. The lowest BCUT2D eigenvalue weighted by atomic mass is 10.0. The summed E-state index contributed by atoms with van der Waals surface area (Å²) in [6, 6.07) is 9.17. The number of fused-ring (bicyclic) bond motifs is 1. The van der Waals surface area contributed by atoms with Gasteiger partial charge in [0.1, 0.15) is 52.9 Å². The molecule has 1 saturated heterocycles. The Hall–Kier alpha value is -5.83. The van der Waals surface area contributed by atoms with E-state index in [0.717, 1.165) is 11.5 Å². The van der Waals surface area contributed by atoms with Crippen molar-refractivity contribution < 1.29 is 80.7 Å². The number of ether oxygens (including phenoxy) is 4. The number of oxime groups is 1. The molecule has 370 valence electrons. The fourth-order valence-corrected chi connectivity index (χ4v) is 8.22. The molecule has 0 aliphatic carbocycles. The average molecular weight is 1100 g/mol. The van der Waals surface area contributed by atoms with Crippen LogP contribution in [0.25, 0.3) is 0 Å². The number of aliphatic imine (C=N–C) groups is 1. The number of nitrogens with zero attached hydrogens (tertiary/aromatic N) is 9. The first kappa shape index (κ1) is 54.8. The van der Waals surface area contributed by atoms with Crippen molar-refractivity contribution in [2.24, 2.45) is 10.1 Å². The Morgan fingerprint density at radius 1 is 1.03 bits per heavy atom. The number of nitrogens with one attached hydrogen (secondary N) is 1. The molecule has 2 unspecified atom stereocenters. The number of carbonyl (C=O) groups excluding carboxylic acids is 5. The number of nitrogen functional groups attached to an aromatic ring is 1. The molecular weight excluding hydrogens is 1040 g/mol. The van der Waals surface area contributed by atoms with Gasteiger partial charge in [-0.3, -0.25) is 19.4 Å². The van der Waals surface area contributed by atoms with Gasteiger partial charge in [-0.15, -0.1) is 11.8 Å². The van der Waals surface area contributed by atoms with Gasteiger partial charge in [0, 0.05) is 57.1 Å². The molecule has 1 aromatic carbocycles. The molecule has 0 bridgehead atoms. The summed E-state index contributed by atoms with van der Waals surface area (Å²) in [5, 5.41) is 5.35. The molecule has 2 aliphatic rings. The maximum Gasteiger partial charge on any atom is 0.415 e. The van der Waals surface area contributed by atoms with Crippen molar-refractivity contribution in [3.63, 3.8) is 0 Å². The first-order chi connectivity index (χ1) is 31.6. The van der Waals surface area contributed by atoms with Crippen molar-refractivity contribution >= 4 is 82.0 Å². The Labute approximate surface area is 419 Å². The Bertz CT molecular complexity index is 2390. The molecule has 0 spiro atoms. The van der Waals surface area contributed by atoms with Crippen LogP contribution in [0.4, 0.5) is 30.6 Å². The highest BCUT2D eigenvalue weighted by Gasteiger charge is 2.55. The number of esters is 1. The largest absolute Gasteiger partial charge is 1.00 e. The number of carbonyl (C=O) groups is 5. The summed E-state index contributed by atoms with van der Waals surface area (Å²) < 4.78 is 41.2. The first-order valence-corrected chi connectivity index (χ1v) is 22.7. The molecule has 1 fully saturated rings. The molecule has 3 aromatic rings. The molecule has 5 rings (SSSR count). The number of halogens is 2. The highest BCUT2D eigenvalue weighted by Crippen LogP contribution is 2.41. The van der Waals surface area contributed by atoms with E-state index in [1.165, 1.54) is 33.6 Å². The van der Waals surface area contributed by atoms with E-state index in [9.17, 15) is 28.4 Å². The van der Waals surface area contributed by atoms with Crippen LogP contribution in [-0.2, 0) is 46.6 Å². The lowest BCUT2D eigenvalue weighted by Gasteiger charge is -2.49. The van der Waals surface area contributed by atoms with Gasteiger partial charge >= 0.3 is 24.0 Å². The van der Waals surface area contributed by atoms with Gasteiger partial charge in [0.05, 0.1) is 13.3 Å². The van der Waals surface area contributed by atoms with Gasteiger partial charge in [0.15, 0.2) is 5.13 Å². The number of benzene rings is 1. The number of rotatable bonds is 18. The van der Waals surface area contributed by atoms with Gasteiger partial charge in [0.25, 0.3) is 18.7 Å². The molecule has 21 nitrogen and oxygen atoms in total. The van der Waals surface area contributed by atoms with E-state index in [4.69, 9.17) is 29.7 Å². The third-order valence-corrected chi connectivity index (χ3v) is 11.3. The number of hydrogen-bond acceptors (Lipinski definition) is 17. The Morgan fingerprint density at radius 2 is 1.71 bits per heavy atom. The molecule has 3 N–H and O–H groups in total. The number of β-lactam (4-membered cyclic amide) rings is 1. The van der Waals surface area contributed by atoms with Crippen molar-refractivity contribution in [3.05, 3.63) is 65.3 Å². The highest BCUT2D eigenvalue weighted by atomic mass is 127. The SMILES string of the molecule is COc1ccc(COC(=O)C2=C(C[n+]3cccc(N(CCCN(C)C(=O)OC(C)(C)C)C(=O)OC(C)(C)C)c3N=CN(C)C)CSC3C(NC(=O)/C(=N\OCF)c4nsc(N)n4)C(=O)N23)cc1.[I-]. The zero-order valence-corrected chi connectivity index (χ0v) is 43.3. The van der Waals surface area contributed by atoms with Crippen LogP contribution in [-0.4, -0.2) is 143 Å². The maximum atomic E-state index is 14.3. The summed E-state index contributed by atoms with van der Waals surface area (Å²) in [4.78, 5) is 87.9. The van der Waals surface area contributed by atoms with E-state index >= 15 is 0 Å². The van der Waals surface area contributed by atoms with Gasteiger partial charge in [-0.2, -0.15) is 9.36 Å². The van der Waals surface area contributed by atoms with E-state index in [1.807, 2.05) is 0 Å². The monoisotopic (exact) mass is 1100 g/mol. The zero-order valence-electron chi connectivity index (χ0n) is 39.5. The first-order valence-electron chi connectivity index (χ1n) is 20.9. The van der Waals surface area contributed by atoms with E-state index in [-0.39, 0.29) is 72.6 Å². The van der Waals surface area contributed by atoms with Crippen molar-refractivity contribution in [2.45, 2.75) is 83.7 Å². The molecule has 4 heterocycles. The van der Waals surface area contributed by atoms with Gasteiger partial charge in [-0.25, -0.2) is 23.3 Å². The minimum absolute atomic E-state index is 0. The fourth-order valence-electron chi connectivity index (χ4n) is 6.45. The second-order valence-electron chi connectivity index (χ2n) is 17.3. The maximum absolute atomic E-state index is 14.3. The molecule has 4 amide bonds. The predicted molar refractivity (Wildman–Crippen MR) is 248 cm³/mol. The summed E-state index contributed by atoms with van der Waals surface area (Å²) >= 11 is 2.05. The van der Waals surface area contributed by atoms with Crippen molar-refractivity contribution in [1.82, 2.24) is 29.4 Å². The van der Waals surface area contributed by atoms with Crippen molar-refractivity contribution in [2.75, 3.05) is 64.6 Å². The zero-order chi connectivity index (χ0) is 49.2. The van der Waals surface area contributed by atoms with Crippen LogP contribution in [0.5, 0.6) is 5.75 Å². The van der Waals surface area contributed by atoms with Crippen LogP contribution in [0.3, 0.4) is 0 Å². The van der Waals surface area contributed by atoms with Crippen molar-refractivity contribution in [1.29, 1.82) is 0 Å². The van der Waals surface area contributed by atoms with E-state index < -0.39 is 65.2 Å². The molecular formula is C43H57FIN11O10S2. The Morgan fingerprint density at radius 3 is 2.31 bits per heavy atom. The van der Waals surface area contributed by atoms with Crippen molar-refractivity contribution in [3.8, 4) is 5.75 Å². The summed E-state index contributed by atoms with van der Waals surface area (Å²) in [6.45, 7) is 9.41. The Kier molecular flexibility index (Phi) is 19.3. The molecule has 68 heavy (non-hydrogen) atoms. The number of hydrogen-bond donors (Lipinski definition) is 2. The van der Waals surface area contributed by atoms with Gasteiger partial charge in [0.2, 0.25) is 17.9 Å². The summed E-state index contributed by atoms with van der Waals surface area (Å²) in [5.41, 5.74) is 5.05. The molecule has 2 aliphatic heterocycles. The average Bonchev–Trinajstić information content (AvgIpc) is 3.69. The second kappa shape index (κ2) is 23.9. The standard InChI is InChI=1S/C43H56FN11O10S2.HI/c1-42(2,3)64-40(59)52(9)18-12-20-54(41(60)65-43(4,5)6)29-13-11-19-53(34(29)46-25-51(7)8)21-27-23-66-37-31(47-35(56)30(49-63-24-44)33-48-39(45)67-50-33)36(57)55(37)32(27)38(58)62-22-26-14-16-28(61-10)17-15-26;/h11,13-17,19,25,31,37H,12,18,20-24H2,1-10H3,(H2-,45,47,48,50,56);1H/b49-30-;. The minimum Gasteiger partial charge on any atom is -1.00 e. The van der Waals surface area contributed by atoms with E-state index in [2.05, 4.69) is 24.7 Å². The number of aromatic nitrogens is 3. The van der Waals surface area contributed by atoms with Crippen LogP contribution in [0.2, 0.25) is 0 Å². The number of alkyl halides is 1. The molecule has 2 aromatic heterocycles. The smallest absolute Gasteiger partial charge is 0.415 e. The van der Waals surface area contributed by atoms with E-state index in [0.29, 0.717) is 34.8 Å². The number of pyridine rings is 1. The fraction of sp³-hybridized carbons (Fsp3) is 0.488. The molecule has 0 radical (unpaired) electrons. The minimum atomic E-state index is -1.35. The van der Waals surface area contributed by atoms with Gasteiger partial charge < -0.3 is 68.6 Å². The van der Waals surface area contributed by atoms with Crippen LogP contribution >= 0.6 is 23.3 Å². The Balaban J connectivity index is 0.0000101. The summed E-state index contributed by atoms with van der Waals surface area (Å²) in [7, 11) is 6.71. The molecule has 25 heteroatoms. The van der Waals surface area contributed by atoms with Crippen LogP contribution in [0.15, 0.2) is 64.0 Å². The summed E-state index contributed by atoms with van der Waals surface area (Å²) in [5.74, 6) is -1.55. The third kappa shape index (κ3) is 14.6. The summed E-state index contributed by atoms with van der Waals surface area (Å²) in [6.07, 6.45) is 2.43. The predicted octanol–water partition coefficient (Wildman–Crippen LogP) is 1.39. The van der Waals surface area contributed by atoms with Crippen LogP contribution < -0.4 is 49.2 Å². The van der Waals surface area contributed by atoms with Gasteiger partial charge in [-0.05, 0) is 82.8 Å². The van der Waals surface area contributed by atoms with Crippen LogP contribution in [0, 0.1) is 0 Å². The lowest BCUT2D eigenvalue weighted by molar-refractivity contribution is -0.675. The van der Waals surface area contributed by atoms with Crippen LogP contribution in [0.1, 0.15) is 59.4 Å². The highest BCUT2D eigenvalue weighted by molar-refractivity contribution is 8.00. The second-order valence-corrected chi connectivity index (χ2v) is 19.2. The number of thioether (sulfide) groups is 1. The number of anilines is 2. The number of amides is 4. The topological polar surface area (TPSA) is 237 Å². The number of nitrogens with two attached hydrogens (primary N) is 1. The number of methoxy groups -OCH3 is 1. The molecule has 0 saturated carbocycles. The third-order valence-electron chi connectivity index (χ3n) is 9.41.